The summed E-state index contributed by atoms with van der Waals surface area (Å²) in [5.74, 6) is 0.875. The van der Waals surface area contributed by atoms with Crippen LogP contribution in [0, 0.1) is 0 Å². The van der Waals surface area contributed by atoms with Gasteiger partial charge in [0.25, 0.3) is 0 Å². The Morgan fingerprint density at radius 1 is 1.44 bits per heavy atom. The maximum Gasteiger partial charge on any atom is 0.417 e. The van der Waals surface area contributed by atoms with Crippen LogP contribution in [0.1, 0.15) is 12.5 Å². The topological polar surface area (TPSA) is 33.2 Å². The monoisotopic (exact) mass is 280 g/mol. The largest absolute Gasteiger partial charge is 0.417 e. The van der Waals surface area contributed by atoms with Crippen LogP contribution in [0.4, 0.5) is 19.0 Å². The lowest BCUT2D eigenvalue weighted by atomic mass is 10.2. The Balaban J connectivity index is 2.82. The summed E-state index contributed by atoms with van der Waals surface area (Å²) in [5.41, 5.74) is -0.772. The fraction of sp³-hybridized carbons (Fsp3) is 0.545. The van der Waals surface area contributed by atoms with Crippen LogP contribution in [0.2, 0.25) is 0 Å². The first-order chi connectivity index (χ1) is 8.21. The zero-order chi connectivity index (χ0) is 13.9. The molecule has 0 spiro atoms. The van der Waals surface area contributed by atoms with Crippen molar-refractivity contribution in [2.24, 2.45) is 0 Å². The van der Waals surface area contributed by atoms with E-state index in [0.29, 0.717) is 11.6 Å². The zero-order valence-electron chi connectivity index (χ0n) is 10.4. The average Bonchev–Trinajstić information content (AvgIpc) is 2.26. The molecule has 0 saturated heterocycles. The number of aromatic nitrogens is 1. The summed E-state index contributed by atoms with van der Waals surface area (Å²) in [5, 5.41) is 0. The number of hydrogen-bond acceptors (Lipinski definition) is 3. The van der Waals surface area contributed by atoms with Crippen LogP contribution in [0.3, 0.4) is 0 Å². The van der Waals surface area contributed by atoms with Crippen LogP contribution in [0.25, 0.3) is 0 Å². The summed E-state index contributed by atoms with van der Waals surface area (Å²) in [7, 11) is 0.757. The van der Waals surface area contributed by atoms with E-state index in [2.05, 4.69) is 4.98 Å². The van der Waals surface area contributed by atoms with Crippen LogP contribution in [0.5, 0.6) is 0 Å². The molecule has 0 aliphatic heterocycles. The van der Waals surface area contributed by atoms with Crippen LogP contribution in [0.15, 0.2) is 18.3 Å². The molecule has 0 unspecified atom stereocenters. The third kappa shape index (κ3) is 3.97. The van der Waals surface area contributed by atoms with Crippen molar-refractivity contribution < 1.29 is 17.4 Å². The second kappa shape index (κ2) is 5.69. The number of hydrogen-bond donors (Lipinski definition) is 0. The summed E-state index contributed by atoms with van der Waals surface area (Å²) in [6.45, 7) is 1.85. The standard InChI is InChI=1S/C11H15F3N2OS/c1-8(7-18(3)17)16(2)10-5-4-9(6-15-10)11(12,13)14/h4-6,8H,7H2,1-3H3/t8-,18-/m0/s1. The highest BCUT2D eigenvalue weighted by Crippen LogP contribution is 2.29. The number of alkyl halides is 3. The molecule has 0 aromatic carbocycles. The van der Waals surface area contributed by atoms with Crippen LogP contribution >= 0.6 is 0 Å². The van der Waals surface area contributed by atoms with Gasteiger partial charge in [0.2, 0.25) is 0 Å². The molecular formula is C11H15F3N2OS. The van der Waals surface area contributed by atoms with Gasteiger partial charge < -0.3 is 4.90 Å². The SMILES string of the molecule is C[C@@H](C[S@](C)=O)N(C)c1ccc(C(F)(F)F)cn1. The number of anilines is 1. The minimum Gasteiger partial charge on any atom is -0.356 e. The van der Waals surface area contributed by atoms with Gasteiger partial charge in [0, 0.05) is 42.1 Å². The minimum atomic E-state index is -4.37. The number of rotatable bonds is 4. The molecule has 3 nitrogen and oxygen atoms in total. The molecule has 1 aromatic rings. The van der Waals surface area contributed by atoms with E-state index in [1.54, 1.807) is 18.2 Å². The van der Waals surface area contributed by atoms with Crippen LogP contribution in [-0.4, -0.2) is 34.3 Å². The van der Waals surface area contributed by atoms with E-state index in [-0.39, 0.29) is 6.04 Å². The van der Waals surface area contributed by atoms with Crippen molar-refractivity contribution >= 4 is 16.6 Å². The molecule has 0 amide bonds. The van der Waals surface area contributed by atoms with Crippen molar-refractivity contribution in [2.45, 2.75) is 19.1 Å². The van der Waals surface area contributed by atoms with E-state index in [9.17, 15) is 17.4 Å². The van der Waals surface area contributed by atoms with Gasteiger partial charge in [0.1, 0.15) is 5.82 Å². The van der Waals surface area contributed by atoms with Gasteiger partial charge in [-0.05, 0) is 19.1 Å². The highest BCUT2D eigenvalue weighted by atomic mass is 32.2. The number of nitrogens with zero attached hydrogens (tertiary/aromatic N) is 2. The van der Waals surface area contributed by atoms with Crippen molar-refractivity contribution in [3.8, 4) is 0 Å². The molecule has 102 valence electrons. The summed E-state index contributed by atoms with van der Waals surface area (Å²) in [4.78, 5) is 5.49. The predicted octanol–water partition coefficient (Wildman–Crippen LogP) is 2.30. The smallest absolute Gasteiger partial charge is 0.356 e. The molecule has 1 aromatic heterocycles. The third-order valence-corrected chi connectivity index (χ3v) is 3.53. The van der Waals surface area contributed by atoms with Crippen molar-refractivity contribution in [1.29, 1.82) is 0 Å². The lowest BCUT2D eigenvalue weighted by Gasteiger charge is -2.25. The van der Waals surface area contributed by atoms with Crippen molar-refractivity contribution in [1.82, 2.24) is 4.98 Å². The Bertz CT molecular complexity index is 419. The van der Waals surface area contributed by atoms with Crippen LogP contribution in [-0.2, 0) is 17.0 Å². The highest BCUT2D eigenvalue weighted by Gasteiger charge is 2.30. The second-order valence-electron chi connectivity index (χ2n) is 4.10. The summed E-state index contributed by atoms with van der Waals surface area (Å²) in [6.07, 6.45) is -1.98. The minimum absolute atomic E-state index is 0.0555. The Labute approximate surface area is 106 Å². The lowest BCUT2D eigenvalue weighted by Crippen LogP contribution is -2.33. The van der Waals surface area contributed by atoms with Gasteiger partial charge in [0.05, 0.1) is 5.56 Å². The predicted molar refractivity (Wildman–Crippen MR) is 66.0 cm³/mol. The molecule has 0 saturated carbocycles. The molecule has 2 atom stereocenters. The van der Waals surface area contributed by atoms with Crippen LogP contribution < -0.4 is 4.90 Å². The maximum absolute atomic E-state index is 12.4. The van der Waals surface area contributed by atoms with E-state index >= 15 is 0 Å². The van der Waals surface area contributed by atoms with Gasteiger partial charge in [-0.2, -0.15) is 13.2 Å². The Morgan fingerprint density at radius 2 is 2.06 bits per heavy atom. The van der Waals surface area contributed by atoms with Gasteiger partial charge in [-0.25, -0.2) is 4.98 Å². The van der Waals surface area contributed by atoms with E-state index in [0.717, 1.165) is 12.3 Å². The van der Waals surface area contributed by atoms with Gasteiger partial charge in [-0.3, -0.25) is 4.21 Å². The molecule has 0 fully saturated rings. The zero-order valence-corrected chi connectivity index (χ0v) is 11.2. The fourth-order valence-electron chi connectivity index (χ4n) is 1.44. The molecule has 0 N–H and O–H groups in total. The Morgan fingerprint density at radius 3 is 2.44 bits per heavy atom. The fourth-order valence-corrected chi connectivity index (χ4v) is 2.34. The molecule has 1 rings (SSSR count). The summed E-state index contributed by atoms with van der Waals surface area (Å²) < 4.78 is 48.2. The number of halogens is 3. The maximum atomic E-state index is 12.4. The van der Waals surface area contributed by atoms with Gasteiger partial charge in [-0.15, -0.1) is 0 Å². The Kier molecular flexibility index (Phi) is 4.72. The van der Waals surface area contributed by atoms with Gasteiger partial charge in [-0.1, -0.05) is 0 Å². The summed E-state index contributed by atoms with van der Waals surface area (Å²) >= 11 is 0. The first-order valence-electron chi connectivity index (χ1n) is 5.28. The molecule has 0 aliphatic rings. The third-order valence-electron chi connectivity index (χ3n) is 2.57. The molecule has 18 heavy (non-hydrogen) atoms. The molecule has 0 aliphatic carbocycles. The molecule has 1 heterocycles. The van der Waals surface area contributed by atoms with E-state index in [1.807, 2.05) is 6.92 Å². The van der Waals surface area contributed by atoms with E-state index in [4.69, 9.17) is 0 Å². The highest BCUT2D eigenvalue weighted by molar-refractivity contribution is 7.84. The normalized spacial score (nSPS) is 15.2. The molecule has 0 bridgehead atoms. The quantitative estimate of drug-likeness (QED) is 0.848. The molecule has 7 heteroatoms. The van der Waals surface area contributed by atoms with Gasteiger partial charge in [0.15, 0.2) is 0 Å². The second-order valence-corrected chi connectivity index (χ2v) is 5.58. The van der Waals surface area contributed by atoms with E-state index in [1.165, 1.54) is 6.07 Å². The first kappa shape index (κ1) is 14.9. The lowest BCUT2D eigenvalue weighted by molar-refractivity contribution is -0.137. The first-order valence-corrected chi connectivity index (χ1v) is 7.00. The summed E-state index contributed by atoms with van der Waals surface area (Å²) in [6, 6.07) is 2.26. The molecule has 0 radical (unpaired) electrons. The Hall–Kier alpha value is -1.11. The van der Waals surface area contributed by atoms with E-state index < -0.39 is 22.5 Å². The van der Waals surface area contributed by atoms with Crippen molar-refractivity contribution in [3.05, 3.63) is 23.9 Å². The van der Waals surface area contributed by atoms with Crippen molar-refractivity contribution in [3.63, 3.8) is 0 Å². The average molecular weight is 280 g/mol. The molecular weight excluding hydrogens is 265 g/mol. The number of pyridine rings is 1. The van der Waals surface area contributed by atoms with Gasteiger partial charge >= 0.3 is 6.18 Å². The van der Waals surface area contributed by atoms with Crippen molar-refractivity contribution in [2.75, 3.05) is 24.0 Å².